The molecule has 0 unspecified atom stereocenters. The Bertz CT molecular complexity index is 595. The van der Waals surface area contributed by atoms with Gasteiger partial charge < -0.3 is 5.32 Å². The van der Waals surface area contributed by atoms with Gasteiger partial charge in [0.15, 0.2) is 0 Å². The van der Waals surface area contributed by atoms with Crippen LogP contribution in [0.25, 0.3) is 0 Å². The minimum absolute atomic E-state index is 0.0393. The van der Waals surface area contributed by atoms with E-state index in [1.165, 1.54) is 0 Å². The maximum absolute atomic E-state index is 12.0. The number of benzene rings is 1. The van der Waals surface area contributed by atoms with E-state index in [0.29, 0.717) is 12.1 Å². The van der Waals surface area contributed by atoms with E-state index in [4.69, 9.17) is 0 Å². The van der Waals surface area contributed by atoms with E-state index in [0.717, 1.165) is 27.2 Å². The van der Waals surface area contributed by atoms with Crippen LogP contribution in [0.2, 0.25) is 0 Å². The maximum Gasteiger partial charge on any atom is 0.251 e. The van der Waals surface area contributed by atoms with Crippen molar-refractivity contribution in [1.29, 1.82) is 0 Å². The number of nitrogens with zero attached hydrogens (tertiary/aromatic N) is 1. The highest BCUT2D eigenvalue weighted by Crippen LogP contribution is 2.17. The van der Waals surface area contributed by atoms with Gasteiger partial charge in [-0.15, -0.1) is 11.3 Å². The fourth-order valence-corrected chi connectivity index (χ4v) is 2.61. The lowest BCUT2D eigenvalue weighted by atomic mass is 10.1. The zero-order chi connectivity index (χ0) is 13.8. The molecule has 1 heterocycles. The molecule has 2 aromatic rings. The van der Waals surface area contributed by atoms with Crippen LogP contribution in [0.4, 0.5) is 0 Å². The van der Waals surface area contributed by atoms with Crippen molar-refractivity contribution in [2.75, 3.05) is 6.54 Å². The van der Waals surface area contributed by atoms with Crippen LogP contribution < -0.4 is 5.32 Å². The molecule has 0 aliphatic rings. The number of hydrogen-bond donors (Lipinski definition) is 1. The third-order valence-corrected chi connectivity index (χ3v) is 4.47. The molecule has 0 radical (unpaired) electrons. The summed E-state index contributed by atoms with van der Waals surface area (Å²) in [5, 5.41) is 6.01. The summed E-state index contributed by atoms with van der Waals surface area (Å²) in [6, 6.07) is 5.60. The van der Waals surface area contributed by atoms with Crippen LogP contribution in [0.1, 0.15) is 26.6 Å². The highest BCUT2D eigenvalue weighted by atomic mass is 79.9. The predicted octanol–water partition coefficient (Wildman–Crippen LogP) is 3.49. The Balaban J connectivity index is 1.89. The topological polar surface area (TPSA) is 42.0 Å². The zero-order valence-corrected chi connectivity index (χ0v) is 13.3. The summed E-state index contributed by atoms with van der Waals surface area (Å²) in [5.74, 6) is -0.0393. The Labute approximate surface area is 125 Å². The third-order valence-electron chi connectivity index (χ3n) is 2.75. The molecule has 0 aliphatic carbocycles. The van der Waals surface area contributed by atoms with Gasteiger partial charge in [0.05, 0.1) is 10.7 Å². The predicted molar refractivity (Wildman–Crippen MR) is 81.8 cm³/mol. The van der Waals surface area contributed by atoms with Gasteiger partial charge in [-0.1, -0.05) is 15.9 Å². The number of carbonyl (C=O) groups excluding carboxylic acids is 1. The number of aryl methyl sites for hydroxylation is 2. The van der Waals surface area contributed by atoms with Crippen LogP contribution in [0.5, 0.6) is 0 Å². The number of thiazole rings is 1. The average Bonchev–Trinajstić information content (AvgIpc) is 2.78. The van der Waals surface area contributed by atoms with E-state index in [9.17, 15) is 4.79 Å². The molecule has 0 saturated heterocycles. The molecule has 1 aromatic carbocycles. The monoisotopic (exact) mass is 338 g/mol. The van der Waals surface area contributed by atoms with Crippen molar-refractivity contribution in [3.8, 4) is 0 Å². The van der Waals surface area contributed by atoms with Crippen molar-refractivity contribution < 1.29 is 4.79 Å². The molecule has 0 atom stereocenters. The average molecular weight is 339 g/mol. The van der Waals surface area contributed by atoms with E-state index < -0.39 is 0 Å². The molecule has 1 amide bonds. The molecular formula is C14H15BrN2OS. The van der Waals surface area contributed by atoms with Gasteiger partial charge >= 0.3 is 0 Å². The minimum atomic E-state index is -0.0393. The third kappa shape index (κ3) is 3.88. The van der Waals surface area contributed by atoms with Crippen LogP contribution in [0.3, 0.4) is 0 Å². The molecule has 3 nitrogen and oxygen atoms in total. The Morgan fingerprint density at radius 1 is 1.42 bits per heavy atom. The maximum atomic E-state index is 12.0. The van der Waals surface area contributed by atoms with Crippen LogP contribution in [-0.2, 0) is 6.42 Å². The smallest absolute Gasteiger partial charge is 0.251 e. The Hall–Kier alpha value is -1.20. The number of nitrogens with one attached hydrogen (secondary N) is 1. The zero-order valence-electron chi connectivity index (χ0n) is 10.9. The van der Waals surface area contributed by atoms with Gasteiger partial charge in [0.1, 0.15) is 0 Å². The number of carbonyl (C=O) groups is 1. The number of hydrogen-bond acceptors (Lipinski definition) is 3. The van der Waals surface area contributed by atoms with E-state index in [1.54, 1.807) is 11.3 Å². The molecule has 0 fully saturated rings. The number of halogens is 1. The largest absolute Gasteiger partial charge is 0.352 e. The van der Waals surface area contributed by atoms with Crippen LogP contribution in [0, 0.1) is 13.8 Å². The fraction of sp³-hybridized carbons (Fsp3) is 0.286. The summed E-state index contributed by atoms with van der Waals surface area (Å²) in [6.07, 6.45) is 0.769. The summed E-state index contributed by atoms with van der Waals surface area (Å²) in [5.41, 5.74) is 2.78. The molecule has 2 rings (SSSR count). The van der Waals surface area contributed by atoms with Crippen molar-refractivity contribution in [2.45, 2.75) is 20.3 Å². The van der Waals surface area contributed by atoms with Gasteiger partial charge in [-0.3, -0.25) is 4.79 Å². The molecule has 0 bridgehead atoms. The first kappa shape index (κ1) is 14.2. The van der Waals surface area contributed by atoms with Crippen LogP contribution >= 0.6 is 27.3 Å². The van der Waals surface area contributed by atoms with Crippen LogP contribution in [-0.4, -0.2) is 17.4 Å². The van der Waals surface area contributed by atoms with Gasteiger partial charge in [0, 0.05) is 28.4 Å². The minimum Gasteiger partial charge on any atom is -0.352 e. The van der Waals surface area contributed by atoms with Gasteiger partial charge in [-0.25, -0.2) is 4.98 Å². The van der Waals surface area contributed by atoms with Gasteiger partial charge in [0.2, 0.25) is 0 Å². The highest BCUT2D eigenvalue weighted by molar-refractivity contribution is 9.10. The Morgan fingerprint density at radius 3 is 2.84 bits per heavy atom. The number of rotatable bonds is 4. The molecule has 100 valence electrons. The van der Waals surface area contributed by atoms with E-state index >= 15 is 0 Å². The first-order valence-corrected chi connectivity index (χ1v) is 7.69. The van der Waals surface area contributed by atoms with Crippen molar-refractivity contribution >= 4 is 33.2 Å². The van der Waals surface area contributed by atoms with Crippen molar-refractivity contribution in [2.24, 2.45) is 0 Å². The summed E-state index contributed by atoms with van der Waals surface area (Å²) in [6.45, 7) is 4.56. The van der Waals surface area contributed by atoms with E-state index in [2.05, 4.69) is 26.2 Å². The van der Waals surface area contributed by atoms with Gasteiger partial charge in [-0.05, 0) is 37.6 Å². The Morgan fingerprint density at radius 2 is 2.21 bits per heavy atom. The first-order valence-electron chi connectivity index (χ1n) is 6.01. The van der Waals surface area contributed by atoms with Gasteiger partial charge in [-0.2, -0.15) is 0 Å². The molecule has 0 spiro atoms. The van der Waals surface area contributed by atoms with Crippen LogP contribution in [0.15, 0.2) is 28.1 Å². The molecule has 1 N–H and O–H groups in total. The number of amides is 1. The quantitative estimate of drug-likeness (QED) is 0.926. The summed E-state index contributed by atoms with van der Waals surface area (Å²) < 4.78 is 1.02. The lowest BCUT2D eigenvalue weighted by Gasteiger charge is -2.06. The summed E-state index contributed by atoms with van der Waals surface area (Å²) >= 11 is 5.06. The molecular weight excluding hydrogens is 324 g/mol. The van der Waals surface area contributed by atoms with Gasteiger partial charge in [0.25, 0.3) is 5.91 Å². The molecule has 5 heteroatoms. The lowest BCUT2D eigenvalue weighted by Crippen LogP contribution is -2.25. The van der Waals surface area contributed by atoms with Crippen molar-refractivity contribution in [1.82, 2.24) is 10.3 Å². The highest BCUT2D eigenvalue weighted by Gasteiger charge is 2.07. The normalized spacial score (nSPS) is 10.5. The Kier molecular flexibility index (Phi) is 4.71. The first-order chi connectivity index (χ1) is 9.06. The van der Waals surface area contributed by atoms with E-state index in [1.807, 2.05) is 37.4 Å². The second kappa shape index (κ2) is 6.30. The second-order valence-corrected chi connectivity index (χ2v) is 6.24. The SMILES string of the molecule is Cc1nc(CCNC(=O)c2ccc(Br)c(C)c2)cs1. The van der Waals surface area contributed by atoms with Crippen molar-refractivity contribution in [3.05, 3.63) is 49.9 Å². The summed E-state index contributed by atoms with van der Waals surface area (Å²) in [4.78, 5) is 16.3. The molecule has 1 aromatic heterocycles. The standard InChI is InChI=1S/C14H15BrN2OS/c1-9-7-11(3-4-13(9)15)14(18)16-6-5-12-8-19-10(2)17-12/h3-4,7-8H,5-6H2,1-2H3,(H,16,18). The second-order valence-electron chi connectivity index (χ2n) is 4.33. The number of aromatic nitrogens is 1. The molecule has 0 saturated carbocycles. The molecule has 19 heavy (non-hydrogen) atoms. The van der Waals surface area contributed by atoms with Crippen molar-refractivity contribution in [3.63, 3.8) is 0 Å². The molecule has 0 aliphatic heterocycles. The fourth-order valence-electron chi connectivity index (χ4n) is 1.72. The van der Waals surface area contributed by atoms with E-state index in [-0.39, 0.29) is 5.91 Å². The lowest BCUT2D eigenvalue weighted by molar-refractivity contribution is 0.0954. The summed E-state index contributed by atoms with van der Waals surface area (Å²) in [7, 11) is 0.